The minimum absolute atomic E-state index is 0.222. The Morgan fingerprint density at radius 3 is 2.13 bits per heavy atom. The highest BCUT2D eigenvalue weighted by Crippen LogP contribution is 2.28. The van der Waals surface area contributed by atoms with Crippen LogP contribution in [-0.2, 0) is 22.7 Å². The van der Waals surface area contributed by atoms with E-state index in [-0.39, 0.29) is 6.61 Å². The molecule has 3 aromatic carbocycles. The number of anilines is 1. The molecule has 0 aromatic heterocycles. The third-order valence-electron chi connectivity index (χ3n) is 5.01. The molecule has 154 valence electrons. The average Bonchev–Trinajstić information content (AvgIpc) is 2.83. The molecule has 1 aliphatic heterocycles. The highest BCUT2D eigenvalue weighted by molar-refractivity contribution is 5.93. The van der Waals surface area contributed by atoms with Gasteiger partial charge < -0.3 is 19.1 Å². The Morgan fingerprint density at radius 1 is 0.833 bits per heavy atom. The highest BCUT2D eigenvalue weighted by atomic mass is 16.5. The summed E-state index contributed by atoms with van der Waals surface area (Å²) >= 11 is 0. The Labute approximate surface area is 176 Å². The predicted molar refractivity (Wildman–Crippen MR) is 116 cm³/mol. The van der Waals surface area contributed by atoms with Crippen molar-refractivity contribution in [2.75, 3.05) is 31.2 Å². The minimum atomic E-state index is -0.392. The summed E-state index contributed by atoms with van der Waals surface area (Å²) in [5.41, 5.74) is 3.39. The molecule has 5 nitrogen and oxygen atoms in total. The Balaban J connectivity index is 1.53. The van der Waals surface area contributed by atoms with Gasteiger partial charge in [0.25, 0.3) is 0 Å². The van der Waals surface area contributed by atoms with Gasteiger partial charge >= 0.3 is 5.97 Å². The van der Waals surface area contributed by atoms with Crippen LogP contribution in [0.25, 0.3) is 0 Å². The monoisotopic (exact) mass is 403 g/mol. The van der Waals surface area contributed by atoms with E-state index in [0.717, 1.165) is 29.9 Å². The van der Waals surface area contributed by atoms with Gasteiger partial charge in [0.1, 0.15) is 24.5 Å². The van der Waals surface area contributed by atoms with Crippen molar-refractivity contribution in [1.82, 2.24) is 0 Å². The summed E-state index contributed by atoms with van der Waals surface area (Å²) in [7, 11) is 0. The minimum Gasteiger partial charge on any atom is -0.488 e. The van der Waals surface area contributed by atoms with Gasteiger partial charge in [-0.25, -0.2) is 4.79 Å². The number of esters is 1. The van der Waals surface area contributed by atoms with Crippen LogP contribution in [0.2, 0.25) is 0 Å². The van der Waals surface area contributed by atoms with E-state index in [1.54, 1.807) is 0 Å². The Kier molecular flexibility index (Phi) is 6.62. The van der Waals surface area contributed by atoms with Crippen LogP contribution >= 0.6 is 0 Å². The standard InChI is InChI=1S/C25H25NO4/c27-25(30-19-21-9-5-2-6-10-21)23-17-22(26-13-15-28-16-14-26)11-12-24(23)29-18-20-7-3-1-4-8-20/h1-12,17H,13-16,18-19H2. The molecule has 1 aliphatic rings. The fourth-order valence-corrected chi connectivity index (χ4v) is 3.36. The summed E-state index contributed by atoms with van der Waals surface area (Å²) < 4.78 is 17.0. The lowest BCUT2D eigenvalue weighted by atomic mass is 10.1. The van der Waals surface area contributed by atoms with Crippen molar-refractivity contribution >= 4 is 11.7 Å². The summed E-state index contributed by atoms with van der Waals surface area (Å²) in [5.74, 6) is 0.131. The average molecular weight is 403 g/mol. The maximum absolute atomic E-state index is 12.9. The lowest BCUT2D eigenvalue weighted by Gasteiger charge is -2.29. The maximum Gasteiger partial charge on any atom is 0.342 e. The highest BCUT2D eigenvalue weighted by Gasteiger charge is 2.19. The molecule has 0 amide bonds. The van der Waals surface area contributed by atoms with Crippen molar-refractivity contribution in [3.8, 4) is 5.75 Å². The molecule has 4 rings (SSSR count). The summed E-state index contributed by atoms with van der Waals surface area (Å²) in [6, 6.07) is 25.3. The lowest BCUT2D eigenvalue weighted by molar-refractivity contribution is 0.0467. The molecule has 3 aromatic rings. The van der Waals surface area contributed by atoms with Crippen molar-refractivity contribution < 1.29 is 19.0 Å². The molecule has 0 N–H and O–H groups in total. The Bertz CT molecular complexity index is 953. The zero-order chi connectivity index (χ0) is 20.6. The fraction of sp³-hybridized carbons (Fsp3) is 0.240. The number of rotatable bonds is 7. The van der Waals surface area contributed by atoms with Crippen molar-refractivity contribution in [2.24, 2.45) is 0 Å². The van der Waals surface area contributed by atoms with Gasteiger partial charge in [-0.3, -0.25) is 0 Å². The number of carbonyl (C=O) groups is 1. The molecule has 0 bridgehead atoms. The second-order valence-corrected chi connectivity index (χ2v) is 7.12. The Hall–Kier alpha value is -3.31. The number of morpholine rings is 1. The smallest absolute Gasteiger partial charge is 0.342 e. The molecule has 1 saturated heterocycles. The first-order chi connectivity index (χ1) is 14.8. The number of hydrogen-bond donors (Lipinski definition) is 0. The van der Waals surface area contributed by atoms with Crippen molar-refractivity contribution in [1.29, 1.82) is 0 Å². The summed E-state index contributed by atoms with van der Waals surface area (Å²) in [6.45, 7) is 3.56. The quantitative estimate of drug-likeness (QED) is 0.545. The van der Waals surface area contributed by atoms with Crippen LogP contribution in [0.5, 0.6) is 5.75 Å². The van der Waals surface area contributed by atoms with Crippen LogP contribution in [0, 0.1) is 0 Å². The SMILES string of the molecule is O=C(OCc1ccccc1)c1cc(N2CCOCC2)ccc1OCc1ccccc1. The number of nitrogens with zero attached hydrogens (tertiary/aromatic N) is 1. The molecular weight excluding hydrogens is 378 g/mol. The first kappa shape index (κ1) is 20.0. The van der Waals surface area contributed by atoms with Gasteiger partial charge in [0.15, 0.2) is 0 Å². The zero-order valence-corrected chi connectivity index (χ0v) is 16.8. The number of carbonyl (C=O) groups excluding carboxylic acids is 1. The first-order valence-corrected chi connectivity index (χ1v) is 10.1. The van der Waals surface area contributed by atoms with Crippen LogP contribution in [-0.4, -0.2) is 32.3 Å². The Morgan fingerprint density at radius 2 is 1.47 bits per heavy atom. The molecule has 0 radical (unpaired) electrons. The van der Waals surface area contributed by atoms with Crippen LogP contribution in [0.1, 0.15) is 21.5 Å². The largest absolute Gasteiger partial charge is 0.488 e. The van der Waals surface area contributed by atoms with E-state index in [9.17, 15) is 4.79 Å². The van der Waals surface area contributed by atoms with Gasteiger partial charge in [-0.1, -0.05) is 60.7 Å². The van der Waals surface area contributed by atoms with E-state index in [4.69, 9.17) is 14.2 Å². The van der Waals surface area contributed by atoms with Crippen LogP contribution in [0.4, 0.5) is 5.69 Å². The van der Waals surface area contributed by atoms with E-state index in [1.807, 2.05) is 78.9 Å². The molecule has 0 spiro atoms. The van der Waals surface area contributed by atoms with Gasteiger partial charge in [0.05, 0.1) is 13.2 Å². The molecular formula is C25H25NO4. The predicted octanol–water partition coefficient (Wildman–Crippen LogP) is 4.46. The van der Waals surface area contributed by atoms with Gasteiger partial charge in [-0.05, 0) is 29.3 Å². The normalized spacial score (nSPS) is 13.7. The molecule has 0 unspecified atom stereocenters. The van der Waals surface area contributed by atoms with Crippen LogP contribution < -0.4 is 9.64 Å². The number of hydrogen-bond acceptors (Lipinski definition) is 5. The second-order valence-electron chi connectivity index (χ2n) is 7.12. The van der Waals surface area contributed by atoms with Gasteiger partial charge in [-0.2, -0.15) is 0 Å². The van der Waals surface area contributed by atoms with E-state index in [1.165, 1.54) is 0 Å². The molecule has 0 atom stereocenters. The summed E-state index contributed by atoms with van der Waals surface area (Å²) in [6.07, 6.45) is 0. The van der Waals surface area contributed by atoms with E-state index >= 15 is 0 Å². The van der Waals surface area contributed by atoms with E-state index in [0.29, 0.717) is 31.1 Å². The van der Waals surface area contributed by atoms with Crippen molar-refractivity contribution in [2.45, 2.75) is 13.2 Å². The zero-order valence-electron chi connectivity index (χ0n) is 16.8. The van der Waals surface area contributed by atoms with Gasteiger partial charge in [0.2, 0.25) is 0 Å². The molecule has 30 heavy (non-hydrogen) atoms. The van der Waals surface area contributed by atoms with Crippen molar-refractivity contribution in [3.05, 3.63) is 95.6 Å². The van der Waals surface area contributed by atoms with E-state index < -0.39 is 5.97 Å². The molecule has 1 heterocycles. The third-order valence-corrected chi connectivity index (χ3v) is 5.01. The van der Waals surface area contributed by atoms with Gasteiger partial charge in [-0.15, -0.1) is 0 Å². The van der Waals surface area contributed by atoms with Crippen LogP contribution in [0.3, 0.4) is 0 Å². The summed E-state index contributed by atoms with van der Waals surface area (Å²) in [4.78, 5) is 15.1. The summed E-state index contributed by atoms with van der Waals surface area (Å²) in [5, 5.41) is 0. The van der Waals surface area contributed by atoms with E-state index in [2.05, 4.69) is 4.90 Å². The lowest BCUT2D eigenvalue weighted by Crippen LogP contribution is -2.36. The van der Waals surface area contributed by atoms with Crippen LogP contribution in [0.15, 0.2) is 78.9 Å². The first-order valence-electron chi connectivity index (χ1n) is 10.1. The maximum atomic E-state index is 12.9. The van der Waals surface area contributed by atoms with Crippen molar-refractivity contribution in [3.63, 3.8) is 0 Å². The molecule has 1 fully saturated rings. The number of ether oxygens (including phenoxy) is 3. The topological polar surface area (TPSA) is 48.0 Å². The molecule has 5 heteroatoms. The second kappa shape index (κ2) is 9.94. The van der Waals surface area contributed by atoms with Gasteiger partial charge in [0, 0.05) is 18.8 Å². The fourth-order valence-electron chi connectivity index (χ4n) is 3.36. The third kappa shape index (κ3) is 5.19. The number of benzene rings is 3. The molecule has 0 saturated carbocycles. The molecule has 0 aliphatic carbocycles.